The van der Waals surface area contributed by atoms with Gasteiger partial charge >= 0.3 is 0 Å². The fraction of sp³-hybridized carbons (Fsp3) is 0.167. The van der Waals surface area contributed by atoms with Crippen molar-refractivity contribution in [1.82, 2.24) is 10.2 Å². The van der Waals surface area contributed by atoms with Gasteiger partial charge in [0, 0.05) is 12.8 Å². The van der Waals surface area contributed by atoms with Gasteiger partial charge in [0.25, 0.3) is 5.56 Å². The Morgan fingerprint density at radius 1 is 1.30 bits per heavy atom. The summed E-state index contributed by atoms with van der Waals surface area (Å²) in [5.41, 5.74) is 0.806. The quantitative estimate of drug-likeness (QED) is 0.891. The molecule has 2 rings (SSSR count). The molecule has 0 spiro atoms. The molecule has 6 nitrogen and oxygen atoms in total. The zero-order chi connectivity index (χ0) is 14.8. The van der Waals surface area contributed by atoms with E-state index in [1.165, 1.54) is 18.3 Å². The van der Waals surface area contributed by atoms with Crippen LogP contribution in [-0.4, -0.2) is 24.9 Å². The lowest BCUT2D eigenvalue weighted by Gasteiger charge is -2.07. The molecule has 0 aliphatic rings. The standard InChI is InChI=1S/C12H12ClN3O3S/c1-20(18,19)9-4-2-8(3-5-9)6-14-10-7-15-16-12(17)11(10)13/h2-5,7H,6H2,1H3,(H2,14,16,17). The van der Waals surface area contributed by atoms with Crippen molar-refractivity contribution in [3.05, 3.63) is 51.4 Å². The molecule has 0 fully saturated rings. The largest absolute Gasteiger partial charge is 0.378 e. The first-order valence-corrected chi connectivity index (χ1v) is 7.91. The Kier molecular flexibility index (Phi) is 4.10. The van der Waals surface area contributed by atoms with Gasteiger partial charge in [0.05, 0.1) is 16.8 Å². The average molecular weight is 314 g/mol. The second-order valence-corrected chi connectivity index (χ2v) is 6.59. The van der Waals surface area contributed by atoms with Crippen LogP contribution in [0.1, 0.15) is 5.56 Å². The molecule has 8 heteroatoms. The van der Waals surface area contributed by atoms with Crippen LogP contribution in [0.5, 0.6) is 0 Å². The summed E-state index contributed by atoms with van der Waals surface area (Å²) in [5.74, 6) is 0. The molecule has 0 atom stereocenters. The van der Waals surface area contributed by atoms with Crippen molar-refractivity contribution in [2.75, 3.05) is 11.6 Å². The average Bonchev–Trinajstić information content (AvgIpc) is 2.40. The SMILES string of the molecule is CS(=O)(=O)c1ccc(CNc2cn[nH]c(=O)c2Cl)cc1. The maximum absolute atomic E-state index is 11.3. The summed E-state index contributed by atoms with van der Waals surface area (Å²) in [5, 5.41) is 8.86. The van der Waals surface area contributed by atoms with Gasteiger partial charge < -0.3 is 5.32 Å². The van der Waals surface area contributed by atoms with Crippen molar-refractivity contribution in [1.29, 1.82) is 0 Å². The van der Waals surface area contributed by atoms with E-state index in [0.29, 0.717) is 12.2 Å². The maximum Gasteiger partial charge on any atom is 0.285 e. The molecule has 0 amide bonds. The normalized spacial score (nSPS) is 11.3. The molecule has 2 N–H and O–H groups in total. The van der Waals surface area contributed by atoms with E-state index in [0.717, 1.165) is 11.8 Å². The van der Waals surface area contributed by atoms with Crippen LogP contribution in [0.3, 0.4) is 0 Å². The van der Waals surface area contributed by atoms with Crippen LogP contribution in [0.4, 0.5) is 5.69 Å². The van der Waals surface area contributed by atoms with E-state index >= 15 is 0 Å². The van der Waals surface area contributed by atoms with Crippen LogP contribution in [-0.2, 0) is 16.4 Å². The summed E-state index contributed by atoms with van der Waals surface area (Å²) in [7, 11) is -3.20. The van der Waals surface area contributed by atoms with E-state index in [4.69, 9.17) is 11.6 Å². The summed E-state index contributed by atoms with van der Waals surface area (Å²) in [4.78, 5) is 11.5. The third kappa shape index (κ3) is 3.37. The lowest BCUT2D eigenvalue weighted by Crippen LogP contribution is -2.11. The Hall–Kier alpha value is -1.86. The molecular formula is C12H12ClN3O3S. The highest BCUT2D eigenvalue weighted by atomic mass is 35.5. The smallest absolute Gasteiger partial charge is 0.285 e. The predicted octanol–water partition coefficient (Wildman–Crippen LogP) is 1.44. The molecule has 0 unspecified atom stereocenters. The minimum Gasteiger partial charge on any atom is -0.378 e. The van der Waals surface area contributed by atoms with Gasteiger partial charge in [0.2, 0.25) is 0 Å². The van der Waals surface area contributed by atoms with Crippen LogP contribution in [0, 0.1) is 0 Å². The molecule has 2 aromatic rings. The number of anilines is 1. The van der Waals surface area contributed by atoms with E-state index in [2.05, 4.69) is 15.5 Å². The highest BCUT2D eigenvalue weighted by Crippen LogP contribution is 2.16. The van der Waals surface area contributed by atoms with E-state index in [1.807, 2.05) is 0 Å². The Morgan fingerprint density at radius 3 is 2.55 bits per heavy atom. The van der Waals surface area contributed by atoms with E-state index in [-0.39, 0.29) is 9.92 Å². The zero-order valence-corrected chi connectivity index (χ0v) is 12.1. The summed E-state index contributed by atoms with van der Waals surface area (Å²) in [6.45, 7) is 0.398. The number of sulfone groups is 1. The second-order valence-electron chi connectivity index (χ2n) is 4.20. The van der Waals surface area contributed by atoms with E-state index in [9.17, 15) is 13.2 Å². The fourth-order valence-electron chi connectivity index (χ4n) is 1.56. The number of rotatable bonds is 4. The third-order valence-corrected chi connectivity index (χ3v) is 4.13. The summed E-state index contributed by atoms with van der Waals surface area (Å²) in [6, 6.07) is 6.45. The van der Waals surface area contributed by atoms with Gasteiger partial charge in [-0.25, -0.2) is 13.5 Å². The zero-order valence-electron chi connectivity index (χ0n) is 10.6. The minimum absolute atomic E-state index is 0.0350. The number of nitrogens with zero attached hydrogens (tertiary/aromatic N) is 1. The van der Waals surface area contributed by atoms with Gasteiger partial charge in [-0.05, 0) is 17.7 Å². The lowest BCUT2D eigenvalue weighted by atomic mass is 10.2. The van der Waals surface area contributed by atoms with Crippen molar-refractivity contribution in [2.45, 2.75) is 11.4 Å². The molecule has 1 heterocycles. The molecule has 1 aromatic heterocycles. The van der Waals surface area contributed by atoms with Gasteiger partial charge in [-0.2, -0.15) is 5.10 Å². The number of aromatic amines is 1. The first kappa shape index (κ1) is 14.5. The summed E-state index contributed by atoms with van der Waals surface area (Å²) >= 11 is 5.82. The lowest BCUT2D eigenvalue weighted by molar-refractivity contribution is 0.602. The van der Waals surface area contributed by atoms with Gasteiger partial charge in [-0.3, -0.25) is 4.79 Å². The molecule has 0 aliphatic carbocycles. The molecular weight excluding hydrogens is 302 g/mol. The van der Waals surface area contributed by atoms with Crippen LogP contribution in [0.15, 0.2) is 40.2 Å². The number of halogens is 1. The number of nitrogens with one attached hydrogen (secondary N) is 2. The molecule has 0 bridgehead atoms. The first-order chi connectivity index (χ1) is 9.38. The van der Waals surface area contributed by atoms with Crippen LogP contribution < -0.4 is 10.9 Å². The molecule has 0 saturated heterocycles. The van der Waals surface area contributed by atoms with Crippen LogP contribution in [0.2, 0.25) is 5.02 Å². The van der Waals surface area contributed by atoms with Crippen LogP contribution in [0.25, 0.3) is 0 Å². The van der Waals surface area contributed by atoms with Gasteiger partial charge in [-0.1, -0.05) is 23.7 Å². The first-order valence-electron chi connectivity index (χ1n) is 5.64. The molecule has 106 valence electrons. The topological polar surface area (TPSA) is 91.9 Å². The molecule has 0 aliphatic heterocycles. The molecule has 0 radical (unpaired) electrons. The van der Waals surface area contributed by atoms with Gasteiger partial charge in [-0.15, -0.1) is 0 Å². The van der Waals surface area contributed by atoms with Gasteiger partial charge in [0.1, 0.15) is 5.02 Å². The Labute approximate surface area is 120 Å². The van der Waals surface area contributed by atoms with Gasteiger partial charge in [0.15, 0.2) is 9.84 Å². The van der Waals surface area contributed by atoms with Crippen LogP contribution >= 0.6 is 11.6 Å². The number of hydrogen-bond acceptors (Lipinski definition) is 5. The van der Waals surface area contributed by atoms with Crippen molar-refractivity contribution >= 4 is 27.1 Å². The number of benzene rings is 1. The van der Waals surface area contributed by atoms with E-state index in [1.54, 1.807) is 12.1 Å². The highest BCUT2D eigenvalue weighted by Gasteiger charge is 2.07. The van der Waals surface area contributed by atoms with E-state index < -0.39 is 15.4 Å². The Balaban J connectivity index is 2.12. The number of hydrogen-bond donors (Lipinski definition) is 2. The Morgan fingerprint density at radius 2 is 1.95 bits per heavy atom. The third-order valence-electron chi connectivity index (χ3n) is 2.63. The monoisotopic (exact) mass is 313 g/mol. The molecule has 0 saturated carbocycles. The van der Waals surface area contributed by atoms with Crippen molar-refractivity contribution < 1.29 is 8.42 Å². The van der Waals surface area contributed by atoms with Crippen molar-refractivity contribution in [3.8, 4) is 0 Å². The van der Waals surface area contributed by atoms with Crippen molar-refractivity contribution in [2.24, 2.45) is 0 Å². The second kappa shape index (κ2) is 5.64. The highest BCUT2D eigenvalue weighted by molar-refractivity contribution is 7.90. The molecule has 1 aromatic carbocycles. The fourth-order valence-corrected chi connectivity index (χ4v) is 2.35. The maximum atomic E-state index is 11.3. The Bertz CT molecular complexity index is 769. The van der Waals surface area contributed by atoms with Crippen molar-refractivity contribution in [3.63, 3.8) is 0 Å². The molecule has 20 heavy (non-hydrogen) atoms. The minimum atomic E-state index is -3.20. The predicted molar refractivity (Wildman–Crippen MR) is 76.7 cm³/mol. The summed E-state index contributed by atoms with van der Waals surface area (Å²) < 4.78 is 22.7. The summed E-state index contributed by atoms with van der Waals surface area (Å²) in [6.07, 6.45) is 2.57. The number of H-pyrrole nitrogens is 1. The number of aromatic nitrogens is 2.